The number of hydrogen-bond donors (Lipinski definition) is 1. The number of methoxy groups -OCH3 is 2. The molecule has 0 atom stereocenters. The van der Waals surface area contributed by atoms with E-state index in [1.165, 1.54) is 11.3 Å². The largest absolute Gasteiger partial charge is 0.497 e. The summed E-state index contributed by atoms with van der Waals surface area (Å²) in [5.74, 6) is 1.13. The Balaban J connectivity index is 1.95. The summed E-state index contributed by atoms with van der Waals surface area (Å²) in [5, 5.41) is 1.90. The first-order valence-corrected chi connectivity index (χ1v) is 8.31. The van der Waals surface area contributed by atoms with Crippen LogP contribution in [0.3, 0.4) is 0 Å². The van der Waals surface area contributed by atoms with Crippen LogP contribution in [0.5, 0.6) is 11.5 Å². The third kappa shape index (κ3) is 3.25. The molecular weight excluding hydrogens is 334 g/mol. The molecule has 0 saturated carbocycles. The average molecular weight is 347 g/mol. The summed E-state index contributed by atoms with van der Waals surface area (Å²) in [6.45, 7) is 0. The van der Waals surface area contributed by atoms with E-state index in [2.05, 4.69) is 5.32 Å². The van der Waals surface area contributed by atoms with Crippen molar-refractivity contribution in [2.75, 3.05) is 14.2 Å². The first-order chi connectivity index (χ1) is 11.1. The minimum absolute atomic E-state index is 0.340. The molecule has 0 unspecified atom stereocenters. The van der Waals surface area contributed by atoms with Gasteiger partial charge in [0.05, 0.1) is 19.1 Å². The van der Waals surface area contributed by atoms with Gasteiger partial charge in [-0.15, -0.1) is 11.3 Å². The van der Waals surface area contributed by atoms with E-state index in [0.29, 0.717) is 4.91 Å². The van der Waals surface area contributed by atoms with Gasteiger partial charge in [0.25, 0.3) is 11.1 Å². The number of hydrogen-bond acceptors (Lipinski definition) is 6. The lowest BCUT2D eigenvalue weighted by Gasteiger charge is -2.08. The van der Waals surface area contributed by atoms with Gasteiger partial charge in [0.1, 0.15) is 11.5 Å². The lowest BCUT2D eigenvalue weighted by atomic mass is 10.1. The van der Waals surface area contributed by atoms with Crippen molar-refractivity contribution in [3.05, 3.63) is 40.1 Å². The van der Waals surface area contributed by atoms with Gasteiger partial charge < -0.3 is 9.47 Å². The molecule has 0 radical (unpaired) electrons. The van der Waals surface area contributed by atoms with Gasteiger partial charge in [-0.1, -0.05) is 0 Å². The average Bonchev–Trinajstić information content (AvgIpc) is 3.13. The van der Waals surface area contributed by atoms with Crippen LogP contribution in [0.4, 0.5) is 4.79 Å². The third-order valence-electron chi connectivity index (χ3n) is 3.21. The van der Waals surface area contributed by atoms with Gasteiger partial charge in [0, 0.05) is 15.3 Å². The van der Waals surface area contributed by atoms with Crippen LogP contribution in [-0.4, -0.2) is 25.4 Å². The number of nitrogens with one attached hydrogen (secondary N) is 1. The lowest BCUT2D eigenvalue weighted by molar-refractivity contribution is -0.115. The summed E-state index contributed by atoms with van der Waals surface area (Å²) in [7, 11) is 3.23. The van der Waals surface area contributed by atoms with Crippen molar-refractivity contribution in [2.24, 2.45) is 0 Å². The minimum atomic E-state index is -0.353. The van der Waals surface area contributed by atoms with E-state index in [0.717, 1.165) is 38.6 Å². The molecule has 1 aromatic heterocycles. The van der Waals surface area contributed by atoms with Gasteiger partial charge in [-0.2, -0.15) is 0 Å². The minimum Gasteiger partial charge on any atom is -0.497 e. The van der Waals surface area contributed by atoms with E-state index < -0.39 is 0 Å². The molecule has 2 heterocycles. The first kappa shape index (κ1) is 15.6. The van der Waals surface area contributed by atoms with Gasteiger partial charge in [-0.05, 0) is 48.2 Å². The highest BCUT2D eigenvalue weighted by atomic mass is 32.2. The highest BCUT2D eigenvalue weighted by Gasteiger charge is 2.25. The second-order valence-electron chi connectivity index (χ2n) is 4.62. The molecule has 1 N–H and O–H groups in total. The van der Waals surface area contributed by atoms with Crippen molar-refractivity contribution in [1.29, 1.82) is 0 Å². The Morgan fingerprint density at radius 2 is 1.91 bits per heavy atom. The number of benzene rings is 1. The fourth-order valence-electron chi connectivity index (χ4n) is 2.13. The van der Waals surface area contributed by atoms with Crippen LogP contribution >= 0.6 is 23.1 Å². The number of amides is 2. The monoisotopic (exact) mass is 347 g/mol. The molecule has 0 bridgehead atoms. The molecule has 2 aromatic rings. The highest BCUT2D eigenvalue weighted by molar-refractivity contribution is 8.18. The van der Waals surface area contributed by atoms with Crippen molar-refractivity contribution in [1.82, 2.24) is 5.32 Å². The van der Waals surface area contributed by atoms with Gasteiger partial charge in [-0.3, -0.25) is 14.9 Å². The molecule has 1 aliphatic rings. The van der Waals surface area contributed by atoms with Gasteiger partial charge in [0.15, 0.2) is 0 Å². The number of thiophene rings is 1. The number of carbonyl (C=O) groups is 2. The maximum atomic E-state index is 11.6. The van der Waals surface area contributed by atoms with E-state index in [1.54, 1.807) is 20.3 Å². The maximum absolute atomic E-state index is 11.6. The van der Waals surface area contributed by atoms with Crippen LogP contribution < -0.4 is 14.8 Å². The van der Waals surface area contributed by atoms with Crippen LogP contribution in [0.1, 0.15) is 4.88 Å². The van der Waals surface area contributed by atoms with Crippen LogP contribution in [0.2, 0.25) is 0 Å². The molecule has 2 amide bonds. The molecule has 1 saturated heterocycles. The summed E-state index contributed by atoms with van der Waals surface area (Å²) in [6, 6.07) is 9.45. The van der Waals surface area contributed by atoms with Crippen LogP contribution in [-0.2, 0) is 4.79 Å². The highest BCUT2D eigenvalue weighted by Crippen LogP contribution is 2.38. The van der Waals surface area contributed by atoms with E-state index in [9.17, 15) is 9.59 Å². The predicted molar refractivity (Wildman–Crippen MR) is 92.0 cm³/mol. The third-order valence-corrected chi connectivity index (χ3v) is 5.09. The Bertz CT molecular complexity index is 810. The number of thioether (sulfide) groups is 1. The van der Waals surface area contributed by atoms with Crippen molar-refractivity contribution < 1.29 is 19.1 Å². The van der Waals surface area contributed by atoms with Gasteiger partial charge in [0.2, 0.25) is 0 Å². The second kappa shape index (κ2) is 6.47. The molecule has 1 aromatic carbocycles. The van der Waals surface area contributed by atoms with E-state index in [1.807, 2.05) is 30.3 Å². The van der Waals surface area contributed by atoms with E-state index >= 15 is 0 Å². The standard InChI is InChI=1S/C16H13NO4S2/c1-20-9-3-5-12(21-2)11(7-9)13-6-4-10(22-13)8-14-15(18)17-16(19)23-14/h3-8H,1-2H3,(H,17,18,19)/b14-8+. The second-order valence-corrected chi connectivity index (χ2v) is 6.75. The molecule has 0 aliphatic carbocycles. The zero-order valence-corrected chi connectivity index (χ0v) is 14.0. The molecule has 1 aliphatic heterocycles. The topological polar surface area (TPSA) is 64.6 Å². The summed E-state index contributed by atoms with van der Waals surface area (Å²) in [5.41, 5.74) is 0.918. The van der Waals surface area contributed by atoms with Gasteiger partial charge >= 0.3 is 0 Å². The normalized spacial score (nSPS) is 15.8. The van der Waals surface area contributed by atoms with Crippen molar-refractivity contribution in [3.8, 4) is 21.9 Å². The van der Waals surface area contributed by atoms with Crippen LogP contribution in [0.25, 0.3) is 16.5 Å². The fourth-order valence-corrected chi connectivity index (χ4v) is 3.85. The van der Waals surface area contributed by atoms with Crippen molar-refractivity contribution in [2.45, 2.75) is 0 Å². The first-order valence-electron chi connectivity index (χ1n) is 6.68. The zero-order valence-electron chi connectivity index (χ0n) is 12.4. The molecule has 0 spiro atoms. The molecule has 3 rings (SSSR count). The van der Waals surface area contributed by atoms with E-state index in [4.69, 9.17) is 9.47 Å². The lowest BCUT2D eigenvalue weighted by Crippen LogP contribution is -2.17. The predicted octanol–water partition coefficient (Wildman–Crippen LogP) is 3.76. The maximum Gasteiger partial charge on any atom is 0.290 e. The molecule has 7 heteroatoms. The Morgan fingerprint density at radius 3 is 2.57 bits per heavy atom. The summed E-state index contributed by atoms with van der Waals surface area (Å²) >= 11 is 2.42. The SMILES string of the molecule is COc1ccc(OC)c(-c2ccc(/C=C3/SC(=O)NC3=O)s2)c1. The Kier molecular flexibility index (Phi) is 4.40. The Hall–Kier alpha value is -2.25. The number of rotatable bonds is 4. The molecule has 23 heavy (non-hydrogen) atoms. The van der Waals surface area contributed by atoms with E-state index in [-0.39, 0.29) is 11.1 Å². The summed E-state index contributed by atoms with van der Waals surface area (Å²) in [4.78, 5) is 25.1. The zero-order chi connectivity index (χ0) is 16.4. The molecule has 118 valence electrons. The van der Waals surface area contributed by atoms with Crippen molar-refractivity contribution >= 4 is 40.3 Å². The molecule has 1 fully saturated rings. The molecule has 5 nitrogen and oxygen atoms in total. The van der Waals surface area contributed by atoms with Crippen LogP contribution in [0.15, 0.2) is 35.2 Å². The Morgan fingerprint density at radius 1 is 1.09 bits per heavy atom. The van der Waals surface area contributed by atoms with Crippen LogP contribution in [0, 0.1) is 0 Å². The number of carbonyl (C=O) groups excluding carboxylic acids is 2. The fraction of sp³-hybridized carbons (Fsp3) is 0.125. The Labute approximate surface area is 141 Å². The summed E-state index contributed by atoms with van der Waals surface area (Å²) in [6.07, 6.45) is 1.71. The number of ether oxygens (including phenoxy) is 2. The summed E-state index contributed by atoms with van der Waals surface area (Å²) < 4.78 is 10.7. The smallest absolute Gasteiger partial charge is 0.290 e. The van der Waals surface area contributed by atoms with Crippen molar-refractivity contribution in [3.63, 3.8) is 0 Å². The molecular formula is C16H13NO4S2. The van der Waals surface area contributed by atoms with Gasteiger partial charge in [-0.25, -0.2) is 0 Å². The number of imide groups is 1. The quantitative estimate of drug-likeness (QED) is 0.853.